The van der Waals surface area contributed by atoms with Crippen molar-refractivity contribution in [3.05, 3.63) is 114 Å². The summed E-state index contributed by atoms with van der Waals surface area (Å²) >= 11 is 0. The topological polar surface area (TPSA) is 30.7 Å². The fourth-order valence-corrected chi connectivity index (χ4v) is 7.73. The number of furan rings is 2. The van der Waals surface area contributed by atoms with Crippen LogP contribution in [0.4, 0.5) is 0 Å². The number of hydrogen-bond donors (Lipinski definition) is 0. The molecule has 45 heavy (non-hydrogen) atoms. The van der Waals surface area contributed by atoms with Crippen LogP contribution in [0.2, 0.25) is 0 Å². The Bertz CT molecular complexity index is 2640. The summed E-state index contributed by atoms with van der Waals surface area (Å²) in [5, 5.41) is 9.42. The first kappa shape index (κ1) is 25.1. The fourth-order valence-electron chi connectivity index (χ4n) is 7.73. The highest BCUT2D eigenvalue weighted by atomic mass is 16.3. The first-order valence-corrected chi connectivity index (χ1v) is 16.0. The molecule has 0 aliphatic carbocycles. The fraction of sp³-hybridized carbons (Fsp3) is 0.143. The Morgan fingerprint density at radius 1 is 0.422 bits per heavy atom. The van der Waals surface area contributed by atoms with Crippen LogP contribution in [0.5, 0.6) is 0 Å². The molecular weight excluding hydrogens is 550 g/mol. The van der Waals surface area contributed by atoms with Crippen LogP contribution >= 0.6 is 0 Å². The van der Waals surface area contributed by atoms with Crippen molar-refractivity contribution in [1.29, 1.82) is 0 Å². The van der Waals surface area contributed by atoms with E-state index in [1.54, 1.807) is 0 Å². The highest BCUT2D eigenvalue weighted by Crippen LogP contribution is 2.47. The number of hydrogen-bond acceptors (Lipinski definition) is 2. The summed E-state index contributed by atoms with van der Waals surface area (Å²) in [4.78, 5) is 0. The summed E-state index contributed by atoms with van der Waals surface area (Å²) in [5.74, 6) is 0.901. The maximum absolute atomic E-state index is 6.69. The normalized spacial score (nSPS) is 12.8. The zero-order valence-corrected chi connectivity index (χ0v) is 25.7. The second-order valence-corrected chi connectivity index (χ2v) is 13.3. The predicted octanol–water partition coefficient (Wildman–Crippen LogP) is 12.5. The van der Waals surface area contributed by atoms with Crippen molar-refractivity contribution < 1.29 is 8.83 Å². The van der Waals surface area contributed by atoms with Gasteiger partial charge in [-0.15, -0.1) is 0 Å². The van der Waals surface area contributed by atoms with Crippen molar-refractivity contribution in [2.45, 2.75) is 39.5 Å². The highest BCUT2D eigenvalue weighted by molar-refractivity contribution is 6.31. The summed E-state index contributed by atoms with van der Waals surface area (Å²) in [6.45, 7) is 9.14. The summed E-state index contributed by atoms with van der Waals surface area (Å²) < 4.78 is 15.8. The lowest BCUT2D eigenvalue weighted by Gasteiger charge is -2.15. The van der Waals surface area contributed by atoms with Gasteiger partial charge in [0.2, 0.25) is 0 Å². The molecule has 0 aliphatic rings. The van der Waals surface area contributed by atoms with Crippen LogP contribution in [-0.4, -0.2) is 4.40 Å². The molecule has 6 aromatic carbocycles. The van der Waals surface area contributed by atoms with Gasteiger partial charge in [-0.2, -0.15) is 0 Å². The van der Waals surface area contributed by atoms with Crippen LogP contribution in [0.25, 0.3) is 93.1 Å². The zero-order chi connectivity index (χ0) is 30.1. The minimum absolute atomic E-state index is 0.451. The lowest BCUT2D eigenvalue weighted by Crippen LogP contribution is -1.95. The van der Waals surface area contributed by atoms with Gasteiger partial charge in [-0.3, -0.25) is 0 Å². The van der Waals surface area contributed by atoms with Gasteiger partial charge in [0.25, 0.3) is 0 Å². The van der Waals surface area contributed by atoms with E-state index >= 15 is 0 Å². The molecule has 0 amide bonds. The lowest BCUT2D eigenvalue weighted by molar-refractivity contribution is 0.670. The zero-order valence-electron chi connectivity index (χ0n) is 25.7. The predicted molar refractivity (Wildman–Crippen MR) is 189 cm³/mol. The summed E-state index contributed by atoms with van der Waals surface area (Å²) in [6, 6.07) is 37.7. The van der Waals surface area contributed by atoms with Crippen LogP contribution in [0, 0.1) is 0 Å². The van der Waals surface area contributed by atoms with Crippen LogP contribution in [-0.2, 0) is 0 Å². The molecule has 4 aromatic heterocycles. The summed E-state index contributed by atoms with van der Waals surface area (Å²) in [5.41, 5.74) is 12.3. The Balaban J connectivity index is 1.44. The van der Waals surface area contributed by atoms with Gasteiger partial charge >= 0.3 is 0 Å². The van der Waals surface area contributed by atoms with E-state index in [0.29, 0.717) is 11.8 Å². The number of para-hydroxylation sites is 2. The second kappa shape index (κ2) is 8.67. The van der Waals surface area contributed by atoms with E-state index in [0.717, 1.165) is 54.9 Å². The molecule has 0 N–H and O–H groups in total. The molecule has 0 atom stereocenters. The maximum atomic E-state index is 6.69. The Morgan fingerprint density at radius 2 is 0.867 bits per heavy atom. The van der Waals surface area contributed by atoms with Crippen LogP contribution in [0.1, 0.15) is 50.7 Å². The molecule has 0 fully saturated rings. The first-order valence-electron chi connectivity index (χ1n) is 16.0. The Labute approximate surface area is 259 Å². The standard InChI is InChI=1S/C42H31NO2/c1-22(2)24-17-25(23(3)4)19-26(18-24)27-20-34-30-13-15-32-28-9-5-7-11-36(28)44-41(32)39(30)43-38(34)35(21-27)31-14-16-33-29-10-6-8-12-37(29)45-42(33)40(31)43/h5-23H,1-4H3. The van der Waals surface area contributed by atoms with Gasteiger partial charge in [-0.05, 0) is 70.5 Å². The van der Waals surface area contributed by atoms with E-state index in [-0.39, 0.29) is 0 Å². The third-order valence-corrected chi connectivity index (χ3v) is 10.0. The summed E-state index contributed by atoms with van der Waals surface area (Å²) in [6.07, 6.45) is 0. The molecule has 0 saturated heterocycles. The van der Waals surface area contributed by atoms with E-state index in [2.05, 4.69) is 123 Å². The quantitative estimate of drug-likeness (QED) is 0.208. The molecule has 0 bridgehead atoms. The molecule has 3 heteroatoms. The average molecular weight is 582 g/mol. The van der Waals surface area contributed by atoms with Gasteiger partial charge in [-0.25, -0.2) is 0 Å². The number of nitrogens with zero attached hydrogens (tertiary/aromatic N) is 1. The SMILES string of the molecule is CC(C)c1cc(-c2cc3c4ccc5c6ccccc6oc5c4n4c3c(c2)c2ccc3c5ccccc5oc3c24)cc(C(C)C)c1. The smallest absolute Gasteiger partial charge is 0.160 e. The molecule has 10 rings (SSSR count). The van der Waals surface area contributed by atoms with Crippen molar-refractivity contribution in [3.8, 4) is 11.1 Å². The molecule has 0 unspecified atom stereocenters. The third kappa shape index (κ3) is 3.25. The number of aromatic nitrogens is 1. The molecule has 0 aliphatic heterocycles. The van der Waals surface area contributed by atoms with Crippen molar-refractivity contribution in [1.82, 2.24) is 4.40 Å². The minimum Gasteiger partial charge on any atom is -0.454 e. The van der Waals surface area contributed by atoms with Crippen molar-refractivity contribution in [3.63, 3.8) is 0 Å². The van der Waals surface area contributed by atoms with E-state index in [1.165, 1.54) is 49.3 Å². The van der Waals surface area contributed by atoms with E-state index in [4.69, 9.17) is 8.83 Å². The molecular formula is C42H31NO2. The largest absolute Gasteiger partial charge is 0.454 e. The number of benzene rings is 6. The number of rotatable bonds is 3. The Morgan fingerprint density at radius 3 is 1.36 bits per heavy atom. The third-order valence-electron chi connectivity index (χ3n) is 10.0. The van der Waals surface area contributed by atoms with E-state index < -0.39 is 0 Å². The van der Waals surface area contributed by atoms with Crippen LogP contribution in [0.15, 0.2) is 112 Å². The monoisotopic (exact) mass is 581 g/mol. The van der Waals surface area contributed by atoms with Crippen LogP contribution < -0.4 is 0 Å². The lowest BCUT2D eigenvalue weighted by atomic mass is 9.90. The molecule has 0 spiro atoms. The van der Waals surface area contributed by atoms with Gasteiger partial charge in [0, 0.05) is 43.1 Å². The van der Waals surface area contributed by atoms with E-state index in [9.17, 15) is 0 Å². The molecule has 4 heterocycles. The minimum atomic E-state index is 0.451. The molecule has 0 radical (unpaired) electrons. The number of fused-ring (bicyclic) bond motifs is 14. The van der Waals surface area contributed by atoms with Crippen molar-refractivity contribution >= 4 is 82.0 Å². The molecule has 3 nitrogen and oxygen atoms in total. The Kier molecular flexibility index (Phi) is 4.83. The molecule has 10 aromatic rings. The second-order valence-electron chi connectivity index (χ2n) is 13.3. The van der Waals surface area contributed by atoms with Gasteiger partial charge in [-0.1, -0.05) is 94.4 Å². The average Bonchev–Trinajstić information content (AvgIpc) is 3.80. The van der Waals surface area contributed by atoms with Crippen molar-refractivity contribution in [2.75, 3.05) is 0 Å². The van der Waals surface area contributed by atoms with Gasteiger partial charge in [0.1, 0.15) is 11.2 Å². The molecule has 0 saturated carbocycles. The van der Waals surface area contributed by atoms with Crippen molar-refractivity contribution in [2.24, 2.45) is 0 Å². The summed E-state index contributed by atoms with van der Waals surface area (Å²) in [7, 11) is 0. The maximum Gasteiger partial charge on any atom is 0.160 e. The van der Waals surface area contributed by atoms with Crippen LogP contribution in [0.3, 0.4) is 0 Å². The van der Waals surface area contributed by atoms with Gasteiger partial charge in [0.05, 0.1) is 16.6 Å². The van der Waals surface area contributed by atoms with Gasteiger partial charge in [0.15, 0.2) is 11.2 Å². The highest BCUT2D eigenvalue weighted by Gasteiger charge is 2.25. The first-order chi connectivity index (χ1) is 22.0. The Hall–Kier alpha value is -5.28. The molecule has 216 valence electrons. The van der Waals surface area contributed by atoms with Gasteiger partial charge < -0.3 is 13.2 Å². The van der Waals surface area contributed by atoms with E-state index in [1.807, 2.05) is 12.1 Å².